The Morgan fingerprint density at radius 1 is 1.29 bits per heavy atom. The van der Waals surface area contributed by atoms with E-state index in [2.05, 4.69) is 19.9 Å². The van der Waals surface area contributed by atoms with Crippen LogP contribution in [0.25, 0.3) is 11.0 Å². The molecule has 3 rings (SSSR count). The Balaban J connectivity index is 2.01. The van der Waals surface area contributed by atoms with Crippen molar-refractivity contribution in [1.29, 1.82) is 0 Å². The largest absolute Gasteiger partial charge is 0.280 e. The molecule has 0 atom stereocenters. The van der Waals surface area contributed by atoms with Crippen molar-refractivity contribution in [2.45, 2.75) is 11.8 Å². The summed E-state index contributed by atoms with van der Waals surface area (Å²) in [5, 5.41) is 7.71. The maximum atomic E-state index is 12.3. The summed E-state index contributed by atoms with van der Waals surface area (Å²) in [6.45, 7) is 1.84. The van der Waals surface area contributed by atoms with E-state index in [0.29, 0.717) is 11.3 Å². The molecule has 0 saturated carbocycles. The minimum Gasteiger partial charge on any atom is -0.280 e. The van der Waals surface area contributed by atoms with Gasteiger partial charge in [0.25, 0.3) is 10.0 Å². The van der Waals surface area contributed by atoms with E-state index in [9.17, 15) is 8.42 Å². The lowest BCUT2D eigenvalue weighted by molar-refractivity contribution is 0.601. The molecule has 0 aliphatic rings. The fourth-order valence-electron chi connectivity index (χ4n) is 1.95. The number of aromatic nitrogens is 3. The Morgan fingerprint density at radius 3 is 2.81 bits per heavy atom. The van der Waals surface area contributed by atoms with Crippen molar-refractivity contribution < 1.29 is 8.42 Å². The lowest BCUT2D eigenvalue weighted by Crippen LogP contribution is -2.13. The Labute approximate surface area is 126 Å². The van der Waals surface area contributed by atoms with Crippen LogP contribution in [-0.4, -0.2) is 23.6 Å². The van der Waals surface area contributed by atoms with Gasteiger partial charge in [0.2, 0.25) is 0 Å². The molecule has 8 heteroatoms. The van der Waals surface area contributed by atoms with Crippen LogP contribution in [0.4, 0.5) is 5.69 Å². The number of H-pyrrole nitrogens is 1. The molecule has 2 aromatic heterocycles. The number of aryl methyl sites for hydroxylation is 1. The third kappa shape index (κ3) is 2.57. The van der Waals surface area contributed by atoms with Gasteiger partial charge in [-0.05, 0) is 25.1 Å². The van der Waals surface area contributed by atoms with E-state index in [4.69, 9.17) is 11.6 Å². The van der Waals surface area contributed by atoms with Crippen LogP contribution in [0, 0.1) is 6.92 Å². The second kappa shape index (κ2) is 5.01. The molecule has 6 nitrogen and oxygen atoms in total. The van der Waals surface area contributed by atoms with Crippen molar-refractivity contribution in [2.75, 3.05) is 4.72 Å². The zero-order valence-electron chi connectivity index (χ0n) is 11.0. The number of sulfonamides is 1. The van der Waals surface area contributed by atoms with Gasteiger partial charge in [0.15, 0.2) is 5.65 Å². The number of halogens is 1. The highest BCUT2D eigenvalue weighted by Gasteiger charge is 2.18. The molecule has 0 saturated heterocycles. The van der Waals surface area contributed by atoms with Crippen molar-refractivity contribution in [1.82, 2.24) is 15.2 Å². The van der Waals surface area contributed by atoms with Gasteiger partial charge >= 0.3 is 0 Å². The molecule has 21 heavy (non-hydrogen) atoms. The molecular weight excluding hydrogens is 312 g/mol. The van der Waals surface area contributed by atoms with Crippen LogP contribution in [0.2, 0.25) is 5.02 Å². The standard InChI is InChI=1S/C13H11ClN4O2S/c1-8-10-6-9(7-15-13(10)17-16-8)18-21(19,20)12-5-3-2-4-11(12)14/h2-7,18H,1H3,(H,15,16,17). The quantitative estimate of drug-likeness (QED) is 0.776. The number of anilines is 1. The summed E-state index contributed by atoms with van der Waals surface area (Å²) in [5.41, 5.74) is 1.71. The molecule has 108 valence electrons. The Kier molecular flexibility index (Phi) is 3.30. The van der Waals surface area contributed by atoms with Crippen molar-refractivity contribution >= 4 is 38.3 Å². The summed E-state index contributed by atoms with van der Waals surface area (Å²) in [7, 11) is -3.76. The van der Waals surface area contributed by atoms with Gasteiger partial charge in [0.05, 0.1) is 16.9 Å². The van der Waals surface area contributed by atoms with E-state index in [1.165, 1.54) is 18.3 Å². The Bertz CT molecular complexity index is 921. The molecule has 2 N–H and O–H groups in total. The summed E-state index contributed by atoms with van der Waals surface area (Å²) >= 11 is 5.93. The minimum atomic E-state index is -3.76. The summed E-state index contributed by atoms with van der Waals surface area (Å²) < 4.78 is 27.1. The number of pyridine rings is 1. The maximum Gasteiger partial charge on any atom is 0.263 e. The molecule has 3 aromatic rings. The molecule has 0 fully saturated rings. The lowest BCUT2D eigenvalue weighted by Gasteiger charge is -2.09. The van der Waals surface area contributed by atoms with E-state index < -0.39 is 10.0 Å². The highest BCUT2D eigenvalue weighted by molar-refractivity contribution is 7.92. The summed E-state index contributed by atoms with van der Waals surface area (Å²) in [6, 6.07) is 7.93. The molecule has 0 spiro atoms. The van der Waals surface area contributed by atoms with Gasteiger partial charge in [-0.25, -0.2) is 13.4 Å². The van der Waals surface area contributed by atoms with Gasteiger partial charge in [-0.3, -0.25) is 9.82 Å². The van der Waals surface area contributed by atoms with Gasteiger partial charge in [0.1, 0.15) is 4.90 Å². The second-order valence-electron chi connectivity index (χ2n) is 4.48. The van der Waals surface area contributed by atoms with E-state index in [1.807, 2.05) is 6.92 Å². The number of hydrogen-bond acceptors (Lipinski definition) is 4. The Hall–Kier alpha value is -2.12. The van der Waals surface area contributed by atoms with Crippen molar-refractivity contribution in [3.05, 3.63) is 47.2 Å². The number of nitrogens with zero attached hydrogens (tertiary/aromatic N) is 2. The van der Waals surface area contributed by atoms with Crippen molar-refractivity contribution in [2.24, 2.45) is 0 Å². The van der Waals surface area contributed by atoms with E-state index >= 15 is 0 Å². The van der Waals surface area contributed by atoms with Crippen molar-refractivity contribution in [3.63, 3.8) is 0 Å². The zero-order chi connectivity index (χ0) is 15.0. The number of hydrogen-bond donors (Lipinski definition) is 2. The molecule has 0 radical (unpaired) electrons. The first-order valence-electron chi connectivity index (χ1n) is 6.05. The van der Waals surface area contributed by atoms with Crippen molar-refractivity contribution in [3.8, 4) is 0 Å². The van der Waals surface area contributed by atoms with Gasteiger partial charge < -0.3 is 0 Å². The highest BCUT2D eigenvalue weighted by Crippen LogP contribution is 2.24. The van der Waals surface area contributed by atoms with Crippen LogP contribution in [0.1, 0.15) is 5.69 Å². The minimum absolute atomic E-state index is 0.0238. The second-order valence-corrected chi connectivity index (χ2v) is 6.54. The summed E-state index contributed by atoms with van der Waals surface area (Å²) in [4.78, 5) is 4.12. The fourth-order valence-corrected chi connectivity index (χ4v) is 3.50. The van der Waals surface area contributed by atoms with Gasteiger partial charge in [-0.15, -0.1) is 0 Å². The lowest BCUT2D eigenvalue weighted by atomic mass is 10.3. The first kappa shape index (κ1) is 13.8. The highest BCUT2D eigenvalue weighted by atomic mass is 35.5. The zero-order valence-corrected chi connectivity index (χ0v) is 12.5. The topological polar surface area (TPSA) is 87.7 Å². The van der Waals surface area contributed by atoms with Gasteiger partial charge in [-0.1, -0.05) is 23.7 Å². The molecule has 0 aliphatic carbocycles. The number of rotatable bonds is 3. The molecule has 1 aromatic carbocycles. The summed E-state index contributed by atoms with van der Waals surface area (Å²) in [6.07, 6.45) is 1.41. The van der Waals surface area contributed by atoms with Gasteiger partial charge in [-0.2, -0.15) is 5.10 Å². The van der Waals surface area contributed by atoms with E-state index in [1.54, 1.807) is 18.2 Å². The van der Waals surface area contributed by atoms with Crippen LogP contribution in [0.15, 0.2) is 41.4 Å². The molecule has 0 bridgehead atoms. The van der Waals surface area contributed by atoms with Crippen LogP contribution in [-0.2, 0) is 10.0 Å². The van der Waals surface area contributed by atoms with Crippen LogP contribution >= 0.6 is 11.6 Å². The average Bonchev–Trinajstić information content (AvgIpc) is 2.80. The van der Waals surface area contributed by atoms with Gasteiger partial charge in [0, 0.05) is 11.1 Å². The normalized spacial score (nSPS) is 11.7. The van der Waals surface area contributed by atoms with E-state index in [-0.39, 0.29) is 9.92 Å². The molecular formula is C13H11ClN4O2S. The summed E-state index contributed by atoms with van der Waals surface area (Å²) in [5.74, 6) is 0. The van der Waals surface area contributed by atoms with Crippen LogP contribution in [0.5, 0.6) is 0 Å². The average molecular weight is 323 g/mol. The monoisotopic (exact) mass is 322 g/mol. The van der Waals surface area contributed by atoms with Crippen LogP contribution in [0.3, 0.4) is 0 Å². The first-order valence-corrected chi connectivity index (χ1v) is 7.91. The Morgan fingerprint density at radius 2 is 2.05 bits per heavy atom. The number of benzene rings is 1. The molecule has 0 unspecified atom stereocenters. The predicted molar refractivity (Wildman–Crippen MR) is 80.9 cm³/mol. The predicted octanol–water partition coefficient (Wildman–Crippen LogP) is 2.72. The molecule has 0 aliphatic heterocycles. The molecule has 0 amide bonds. The first-order chi connectivity index (χ1) is 9.97. The number of fused-ring (bicyclic) bond motifs is 1. The third-order valence-electron chi connectivity index (χ3n) is 2.98. The smallest absolute Gasteiger partial charge is 0.263 e. The van der Waals surface area contributed by atoms with Crippen LogP contribution < -0.4 is 4.72 Å². The van der Waals surface area contributed by atoms with E-state index in [0.717, 1.165) is 11.1 Å². The molecule has 2 heterocycles. The maximum absolute atomic E-state index is 12.3. The number of aromatic amines is 1. The third-order valence-corrected chi connectivity index (χ3v) is 4.86. The SMILES string of the molecule is Cc1[nH]nc2ncc(NS(=O)(=O)c3ccccc3Cl)cc12. The fraction of sp³-hybridized carbons (Fsp3) is 0.0769. The number of nitrogens with one attached hydrogen (secondary N) is 2.